The Morgan fingerprint density at radius 2 is 1.76 bits per heavy atom. The summed E-state index contributed by atoms with van der Waals surface area (Å²) in [4.78, 5) is 41.8. The number of benzene rings is 1. The molecule has 0 saturated carbocycles. The molecule has 1 amide bonds. The van der Waals surface area contributed by atoms with Crippen molar-refractivity contribution in [3.05, 3.63) is 58.4 Å². The molecule has 178 valence electrons. The van der Waals surface area contributed by atoms with Crippen LogP contribution in [0.2, 0.25) is 0 Å². The molecule has 3 fully saturated rings. The van der Waals surface area contributed by atoms with E-state index in [1.54, 1.807) is 17.3 Å². The second-order valence-electron chi connectivity index (χ2n) is 9.31. The highest BCUT2D eigenvalue weighted by atomic mass is 16.6. The fraction of sp³-hybridized carbons (Fsp3) is 0.583. The van der Waals surface area contributed by atoms with E-state index in [-0.39, 0.29) is 17.4 Å². The maximum atomic E-state index is 13.3. The number of nitro groups is 1. The number of amides is 1. The van der Waals surface area contributed by atoms with Gasteiger partial charge in [-0.3, -0.25) is 19.7 Å². The maximum Gasteiger partial charge on any atom is 0.309 e. The number of carboxylic acid groups (broad SMARTS) is 1. The van der Waals surface area contributed by atoms with Crippen molar-refractivity contribution in [1.29, 1.82) is 0 Å². The lowest BCUT2D eigenvalue weighted by molar-refractivity contribution is -0.550. The first-order valence-corrected chi connectivity index (χ1v) is 11.8. The fourth-order valence-corrected chi connectivity index (χ4v) is 5.37. The molecule has 1 N–H and O–H groups in total. The van der Waals surface area contributed by atoms with E-state index in [1.807, 2.05) is 28.0 Å². The summed E-state index contributed by atoms with van der Waals surface area (Å²) in [6.45, 7) is 2.70. The van der Waals surface area contributed by atoms with Crippen LogP contribution in [0.15, 0.2) is 42.7 Å². The molecule has 9 heteroatoms. The molecule has 4 atom stereocenters. The van der Waals surface area contributed by atoms with Crippen molar-refractivity contribution in [2.24, 2.45) is 11.8 Å². The van der Waals surface area contributed by atoms with Gasteiger partial charge in [0.25, 0.3) is 6.17 Å². The number of hydrogen-bond acceptors (Lipinski definition) is 6. The van der Waals surface area contributed by atoms with Crippen molar-refractivity contribution in [2.75, 3.05) is 32.7 Å². The molecule has 0 aromatic heterocycles. The van der Waals surface area contributed by atoms with Gasteiger partial charge in [-0.25, -0.2) is 0 Å². The van der Waals surface area contributed by atoms with E-state index in [4.69, 9.17) is 0 Å². The van der Waals surface area contributed by atoms with Crippen LogP contribution >= 0.6 is 0 Å². The highest BCUT2D eigenvalue weighted by molar-refractivity contribution is 5.85. The molecule has 0 radical (unpaired) electrons. The molecule has 1 aromatic rings. The third-order valence-corrected chi connectivity index (χ3v) is 7.27. The van der Waals surface area contributed by atoms with E-state index in [1.165, 1.54) is 5.56 Å². The normalized spacial score (nSPS) is 28.3. The Morgan fingerprint density at radius 1 is 0.970 bits per heavy atom. The second kappa shape index (κ2) is 10.2. The summed E-state index contributed by atoms with van der Waals surface area (Å²) in [6, 6.07) is 10.1. The van der Waals surface area contributed by atoms with Crippen molar-refractivity contribution in [3.8, 4) is 0 Å². The van der Waals surface area contributed by atoms with Gasteiger partial charge in [0.05, 0.1) is 11.8 Å². The number of likely N-dealkylation sites (tertiary alicyclic amines) is 3. The fourth-order valence-electron chi connectivity index (χ4n) is 5.37. The van der Waals surface area contributed by atoms with Crippen LogP contribution in [-0.2, 0) is 9.59 Å². The van der Waals surface area contributed by atoms with Crippen molar-refractivity contribution in [3.63, 3.8) is 0 Å². The van der Waals surface area contributed by atoms with Gasteiger partial charge in [-0.05, 0) is 31.2 Å². The quantitative estimate of drug-likeness (QED) is 0.518. The Hall–Kier alpha value is -3.10. The van der Waals surface area contributed by atoms with Gasteiger partial charge in [-0.1, -0.05) is 30.3 Å². The van der Waals surface area contributed by atoms with E-state index in [0.29, 0.717) is 44.9 Å². The molecule has 33 heavy (non-hydrogen) atoms. The number of hydrogen-bond donors (Lipinski definition) is 1. The summed E-state index contributed by atoms with van der Waals surface area (Å²) >= 11 is 0. The predicted molar refractivity (Wildman–Crippen MR) is 122 cm³/mol. The molecule has 0 bridgehead atoms. The molecule has 9 nitrogen and oxygen atoms in total. The first kappa shape index (κ1) is 23.1. The topological polar surface area (TPSA) is 107 Å². The highest BCUT2D eigenvalue weighted by Gasteiger charge is 2.41. The lowest BCUT2D eigenvalue weighted by atomic mass is 9.84. The molecule has 3 heterocycles. The zero-order chi connectivity index (χ0) is 23.4. The third-order valence-electron chi connectivity index (χ3n) is 7.27. The van der Waals surface area contributed by atoms with E-state index in [9.17, 15) is 24.8 Å². The Kier molecular flexibility index (Phi) is 7.15. The molecule has 1 aromatic carbocycles. The average Bonchev–Trinajstić information content (AvgIpc) is 3.33. The number of carboxylic acids is 1. The third kappa shape index (κ3) is 5.29. The smallest absolute Gasteiger partial charge is 0.309 e. The van der Waals surface area contributed by atoms with Gasteiger partial charge < -0.3 is 19.8 Å². The van der Waals surface area contributed by atoms with Crippen molar-refractivity contribution in [2.45, 2.75) is 44.2 Å². The van der Waals surface area contributed by atoms with Crippen LogP contribution in [0.5, 0.6) is 0 Å². The molecule has 0 aliphatic carbocycles. The van der Waals surface area contributed by atoms with Gasteiger partial charge in [0.15, 0.2) is 0 Å². The Labute approximate surface area is 193 Å². The van der Waals surface area contributed by atoms with Crippen LogP contribution in [0.1, 0.15) is 43.6 Å². The Balaban J connectivity index is 1.37. The SMILES string of the molecule is O=C(O)C1CN(C=CN2CCCCC2[N+](=O)[O-])CCC1C(=O)N1CC[C@H](c2ccccc2)C1. The van der Waals surface area contributed by atoms with Crippen molar-refractivity contribution in [1.82, 2.24) is 14.7 Å². The summed E-state index contributed by atoms with van der Waals surface area (Å²) in [5, 5.41) is 21.2. The van der Waals surface area contributed by atoms with E-state index < -0.39 is 24.0 Å². The summed E-state index contributed by atoms with van der Waals surface area (Å²) in [5.74, 6) is -2.07. The minimum absolute atomic E-state index is 0.0612. The minimum Gasteiger partial charge on any atom is -0.481 e. The first-order chi connectivity index (χ1) is 15.9. The van der Waals surface area contributed by atoms with E-state index >= 15 is 0 Å². The van der Waals surface area contributed by atoms with Gasteiger partial charge in [0.2, 0.25) is 5.91 Å². The predicted octanol–water partition coefficient (Wildman–Crippen LogP) is 2.59. The summed E-state index contributed by atoms with van der Waals surface area (Å²) in [7, 11) is 0. The monoisotopic (exact) mass is 456 g/mol. The largest absolute Gasteiger partial charge is 0.481 e. The Morgan fingerprint density at radius 3 is 2.48 bits per heavy atom. The zero-order valence-electron chi connectivity index (χ0n) is 18.8. The van der Waals surface area contributed by atoms with Gasteiger partial charge in [-0.2, -0.15) is 0 Å². The summed E-state index contributed by atoms with van der Waals surface area (Å²) < 4.78 is 0. The number of carbonyl (C=O) groups excluding carboxylic acids is 1. The maximum absolute atomic E-state index is 13.3. The van der Waals surface area contributed by atoms with Crippen LogP contribution in [0.4, 0.5) is 0 Å². The number of piperidine rings is 2. The number of nitrogens with zero attached hydrogens (tertiary/aromatic N) is 4. The van der Waals surface area contributed by atoms with Crippen LogP contribution < -0.4 is 0 Å². The molecule has 3 saturated heterocycles. The lowest BCUT2D eigenvalue weighted by Gasteiger charge is -2.37. The van der Waals surface area contributed by atoms with Crippen LogP contribution in [0.3, 0.4) is 0 Å². The minimum atomic E-state index is -0.966. The van der Waals surface area contributed by atoms with E-state index in [2.05, 4.69) is 12.1 Å². The number of aliphatic carboxylic acids is 1. The van der Waals surface area contributed by atoms with Crippen LogP contribution in [-0.4, -0.2) is 75.5 Å². The van der Waals surface area contributed by atoms with Gasteiger partial charge in [0, 0.05) is 62.4 Å². The van der Waals surface area contributed by atoms with Crippen LogP contribution in [0, 0.1) is 22.0 Å². The molecule has 3 unspecified atom stereocenters. The summed E-state index contributed by atoms with van der Waals surface area (Å²) in [5.41, 5.74) is 1.22. The van der Waals surface area contributed by atoms with Gasteiger partial charge >= 0.3 is 5.97 Å². The highest BCUT2D eigenvalue weighted by Crippen LogP contribution is 2.32. The average molecular weight is 457 g/mol. The van der Waals surface area contributed by atoms with Gasteiger partial charge in [0.1, 0.15) is 0 Å². The molecule has 4 rings (SSSR count). The van der Waals surface area contributed by atoms with Crippen molar-refractivity contribution >= 4 is 11.9 Å². The molecule has 3 aliphatic heterocycles. The molecule has 3 aliphatic rings. The number of rotatable bonds is 6. The standard InChI is InChI=1S/C24H32N4O5/c29-23(27-13-9-19(16-27)18-6-2-1-3-7-18)20-10-12-25(17-21(20)24(30)31)14-15-26-11-5-4-8-22(26)28(32)33/h1-3,6-7,14-15,19-22H,4-5,8-13,16-17H2,(H,30,31)/t19-,20?,21?,22?/m0/s1. The van der Waals surface area contributed by atoms with Gasteiger partial charge in [-0.15, -0.1) is 0 Å². The molecular formula is C24H32N4O5. The Bertz CT molecular complexity index is 892. The van der Waals surface area contributed by atoms with Crippen molar-refractivity contribution < 1.29 is 19.6 Å². The zero-order valence-corrected chi connectivity index (χ0v) is 18.8. The van der Waals surface area contributed by atoms with Crippen LogP contribution in [0.25, 0.3) is 0 Å². The summed E-state index contributed by atoms with van der Waals surface area (Å²) in [6.07, 6.45) is 6.38. The number of carbonyl (C=O) groups is 2. The first-order valence-electron chi connectivity index (χ1n) is 11.8. The second-order valence-corrected chi connectivity index (χ2v) is 9.31. The molecular weight excluding hydrogens is 424 g/mol. The molecule has 0 spiro atoms. The van der Waals surface area contributed by atoms with E-state index in [0.717, 1.165) is 19.3 Å². The lowest BCUT2D eigenvalue weighted by Crippen LogP contribution is -2.48.